The van der Waals surface area contributed by atoms with Crippen molar-refractivity contribution in [3.63, 3.8) is 0 Å². The molecule has 0 aromatic carbocycles. The minimum atomic E-state index is 0. The Morgan fingerprint density at radius 2 is 0.174 bits per heavy atom. The standard InChI is InChI=1S/21CH4.HPS/c;;;;;;;;;;;;;;;;;;;;;1-2/h21*1H4;1H. The van der Waals surface area contributed by atoms with Crippen LogP contribution in [0.3, 0.4) is 0 Å². The summed E-state index contributed by atoms with van der Waals surface area (Å²) in [7, 11) is 2.56. The van der Waals surface area contributed by atoms with Gasteiger partial charge in [-0.2, -0.15) is 0 Å². The summed E-state index contributed by atoms with van der Waals surface area (Å²) in [5, 5.41) is 0. The summed E-state index contributed by atoms with van der Waals surface area (Å²) < 4.78 is 0. The Labute approximate surface area is 176 Å². The quantitative estimate of drug-likeness (QED) is 0.364. The Balaban J connectivity index is -0.0000000000238. The summed E-state index contributed by atoms with van der Waals surface area (Å²) in [6.07, 6.45) is 0. The molecule has 0 bridgehead atoms. The predicted molar refractivity (Wildman–Crippen MR) is 157 cm³/mol. The minimum Gasteiger partial charge on any atom is -0.0776 e. The highest BCUT2D eigenvalue weighted by Crippen LogP contribution is 1.26. The third kappa shape index (κ3) is 35100. The van der Waals surface area contributed by atoms with E-state index in [1.807, 2.05) is 0 Å². The minimum absolute atomic E-state index is 0. The first-order valence-electron chi connectivity index (χ1n) is 0.204. The molecule has 0 radical (unpaired) electrons. The Morgan fingerprint density at radius 3 is 0.174 bits per heavy atom. The zero-order valence-corrected chi connectivity index (χ0v) is 2.72. The molecule has 0 aliphatic carbocycles. The van der Waals surface area contributed by atoms with Crippen LogP contribution in [-0.2, 0) is 11.8 Å². The second-order valence-corrected chi connectivity index (χ2v) is 0. The van der Waals surface area contributed by atoms with E-state index in [-0.39, 0.29) is 156 Å². The van der Waals surface area contributed by atoms with Gasteiger partial charge in [0.25, 0.3) is 0 Å². The second-order valence-electron chi connectivity index (χ2n) is 0. The molecule has 0 aromatic heterocycles. The van der Waals surface area contributed by atoms with Crippen LogP contribution in [0.15, 0.2) is 0 Å². The average Bonchev–Trinajstić information content (AvgIpc) is 1.00. The molecule has 0 amide bonds. The molecule has 0 spiro atoms. The lowest BCUT2D eigenvalue weighted by atomic mass is 12.0. The largest absolute Gasteiger partial charge is 0.0776 e. The van der Waals surface area contributed by atoms with E-state index in [9.17, 15) is 0 Å². The Kier molecular flexibility index (Phi) is 8660000. The van der Waals surface area contributed by atoms with Gasteiger partial charge in [-0.25, -0.2) is 0 Å². The molecule has 0 aliphatic rings. The van der Waals surface area contributed by atoms with Gasteiger partial charge in [0, 0.05) is 0 Å². The zero-order valence-electron chi connectivity index (χ0n) is 0.908. The molecule has 180 valence electrons. The van der Waals surface area contributed by atoms with E-state index in [1.165, 1.54) is 0 Å². The summed E-state index contributed by atoms with van der Waals surface area (Å²) in [5.74, 6) is 0. The first kappa shape index (κ1) is 5160. The maximum atomic E-state index is 3.89. The van der Waals surface area contributed by atoms with Crippen molar-refractivity contribution in [1.29, 1.82) is 0 Å². The van der Waals surface area contributed by atoms with Gasteiger partial charge < -0.3 is 0 Å². The first-order valence-corrected chi connectivity index (χ1v) is 1.84. The third-order valence-corrected chi connectivity index (χ3v) is 0. The molecular formula is C21H85PS. The smallest absolute Gasteiger partial charge is 0.0437 e. The molecule has 0 rings (SSSR count). The summed E-state index contributed by atoms with van der Waals surface area (Å²) in [6.45, 7) is 0. The van der Waals surface area contributed by atoms with E-state index in [0.717, 1.165) is 0 Å². The third-order valence-electron chi connectivity index (χ3n) is 0. The summed E-state index contributed by atoms with van der Waals surface area (Å²) in [6, 6.07) is 0. The van der Waals surface area contributed by atoms with Gasteiger partial charge in [-0.15, -0.1) is 0 Å². The van der Waals surface area contributed by atoms with E-state index >= 15 is 0 Å². The van der Waals surface area contributed by atoms with Crippen molar-refractivity contribution >= 4 is 19.8 Å². The van der Waals surface area contributed by atoms with E-state index < -0.39 is 0 Å². The first-order chi connectivity index (χ1) is 1.00. The average molecular weight is 401 g/mol. The highest BCUT2D eigenvalue weighted by molar-refractivity contribution is 7.88. The van der Waals surface area contributed by atoms with Crippen LogP contribution in [0.25, 0.3) is 0 Å². The van der Waals surface area contributed by atoms with Gasteiger partial charge in [0.2, 0.25) is 0 Å². The molecule has 0 aliphatic heterocycles. The molecular weight excluding hydrogens is 315 g/mol. The van der Waals surface area contributed by atoms with E-state index in [2.05, 4.69) is 19.8 Å². The molecule has 0 saturated carbocycles. The summed E-state index contributed by atoms with van der Waals surface area (Å²) in [5.41, 5.74) is 0. The zero-order chi connectivity index (χ0) is 2.00. The van der Waals surface area contributed by atoms with Crippen molar-refractivity contribution in [3.8, 4) is 0 Å². The summed E-state index contributed by atoms with van der Waals surface area (Å²) >= 11 is 3.89. The Hall–Kier alpha value is 0.520. The molecule has 0 atom stereocenters. The monoisotopic (exact) mass is 401 g/mol. The van der Waals surface area contributed by atoms with Crippen LogP contribution in [0.4, 0.5) is 0 Å². The van der Waals surface area contributed by atoms with Crippen molar-refractivity contribution in [2.45, 2.75) is 156 Å². The van der Waals surface area contributed by atoms with E-state index in [1.54, 1.807) is 0 Å². The fourth-order valence-electron chi connectivity index (χ4n) is 0. The van der Waals surface area contributed by atoms with Crippen LogP contribution < -0.4 is 0 Å². The molecule has 0 saturated heterocycles. The molecule has 0 aromatic rings. The van der Waals surface area contributed by atoms with Gasteiger partial charge in [0.15, 0.2) is 0 Å². The van der Waals surface area contributed by atoms with Crippen LogP contribution in [0, 0.1) is 0 Å². The SMILES string of the molecule is C.C.C.C.C.C.C.C.C.C.C.C.C.C.C.C.C.C.C.C.C.P=S. The van der Waals surface area contributed by atoms with Crippen molar-refractivity contribution in [1.82, 2.24) is 0 Å². The van der Waals surface area contributed by atoms with Gasteiger partial charge in [0.1, 0.15) is 0 Å². The molecule has 0 nitrogen and oxygen atoms in total. The lowest BCUT2D eigenvalue weighted by Gasteiger charge is -0.760. The lowest BCUT2D eigenvalue weighted by Crippen LogP contribution is -0.399. The normalized spacial score (nSPS) is 0.174. The molecule has 2 heteroatoms. The Bertz CT molecular complexity index is 11.8. The number of rotatable bonds is 0. The van der Waals surface area contributed by atoms with Gasteiger partial charge in [-0.3, -0.25) is 0 Å². The highest BCUT2D eigenvalue weighted by Gasteiger charge is 0.655. The van der Waals surface area contributed by atoms with Gasteiger partial charge in [-0.05, 0) is 8.02 Å². The van der Waals surface area contributed by atoms with Crippen molar-refractivity contribution < 1.29 is 0 Å². The van der Waals surface area contributed by atoms with Crippen molar-refractivity contribution in [2.24, 2.45) is 0 Å². The maximum absolute atomic E-state index is 3.89. The number of hydrogen-bond acceptors (Lipinski definition) is 1. The predicted octanol–water partition coefficient (Wildman–Crippen LogP) is 13.9. The highest BCUT2D eigenvalue weighted by atomic mass is 32.4. The molecule has 0 unspecified atom stereocenters. The van der Waals surface area contributed by atoms with Crippen LogP contribution in [0.1, 0.15) is 156 Å². The van der Waals surface area contributed by atoms with Crippen LogP contribution >= 0.6 is 8.02 Å². The van der Waals surface area contributed by atoms with Gasteiger partial charge in [-0.1, -0.05) is 168 Å². The van der Waals surface area contributed by atoms with Crippen LogP contribution in [-0.4, -0.2) is 0 Å². The molecule has 0 N–H and O–H groups in total. The number of hydrogen-bond donors (Lipinski definition) is 0. The van der Waals surface area contributed by atoms with E-state index in [4.69, 9.17) is 0 Å². The maximum Gasteiger partial charge on any atom is -0.0437 e. The van der Waals surface area contributed by atoms with Crippen molar-refractivity contribution in [3.05, 3.63) is 0 Å². The van der Waals surface area contributed by atoms with Gasteiger partial charge in [0.05, 0.1) is 0 Å². The Morgan fingerprint density at radius 1 is 0.174 bits per heavy atom. The molecule has 0 fully saturated rings. The van der Waals surface area contributed by atoms with E-state index in [0.29, 0.717) is 0 Å². The van der Waals surface area contributed by atoms with Crippen LogP contribution in [0.2, 0.25) is 0 Å². The fraction of sp³-hybridized carbons (Fsp3) is 1.00. The van der Waals surface area contributed by atoms with Gasteiger partial charge >= 0.3 is 0 Å². The second kappa shape index (κ2) is 38600. The fourth-order valence-corrected chi connectivity index (χ4v) is 0. The molecule has 23 heavy (non-hydrogen) atoms. The molecule has 0 heterocycles. The topological polar surface area (TPSA) is 0 Å². The van der Waals surface area contributed by atoms with Crippen LogP contribution in [0.5, 0.6) is 0 Å². The lowest BCUT2D eigenvalue weighted by molar-refractivity contribution is 2.50. The summed E-state index contributed by atoms with van der Waals surface area (Å²) in [4.78, 5) is 0. The van der Waals surface area contributed by atoms with Crippen molar-refractivity contribution in [2.75, 3.05) is 0 Å².